The Morgan fingerprint density at radius 1 is 1.00 bits per heavy atom. The Balaban J connectivity index is 1.07. The van der Waals surface area contributed by atoms with Gasteiger partial charge in [0, 0.05) is 72.0 Å². The van der Waals surface area contributed by atoms with Crippen molar-refractivity contribution in [2.75, 3.05) is 50.4 Å². The molecular formula is C40H47N3O6S. The summed E-state index contributed by atoms with van der Waals surface area (Å²) in [7, 11) is 7.93. The average Bonchev–Trinajstić information content (AvgIpc) is 3.35. The van der Waals surface area contributed by atoms with E-state index in [0.29, 0.717) is 6.42 Å². The maximum atomic E-state index is 13.8. The highest BCUT2D eigenvalue weighted by molar-refractivity contribution is 8.00. The number of Topliss-reactive ketones (excluding diaryl/α,β-unsaturated/α-hetero) is 1. The second-order valence-electron chi connectivity index (χ2n) is 15.6. The summed E-state index contributed by atoms with van der Waals surface area (Å²) in [5, 5.41) is 25.6. The van der Waals surface area contributed by atoms with Crippen LogP contribution in [0.2, 0.25) is 0 Å². The molecule has 0 bridgehead atoms. The van der Waals surface area contributed by atoms with Crippen LogP contribution in [0.3, 0.4) is 0 Å². The molecule has 0 saturated heterocycles. The van der Waals surface area contributed by atoms with Gasteiger partial charge in [0.1, 0.15) is 5.60 Å². The van der Waals surface area contributed by atoms with E-state index in [0.717, 1.165) is 56.5 Å². The number of esters is 1. The average molecular weight is 698 g/mol. The number of nitrogens with zero attached hydrogens (tertiary/aromatic N) is 3. The molecule has 4 aliphatic rings. The van der Waals surface area contributed by atoms with Crippen molar-refractivity contribution in [2.24, 2.45) is 28.6 Å². The van der Waals surface area contributed by atoms with Gasteiger partial charge in [-0.15, -0.1) is 11.8 Å². The van der Waals surface area contributed by atoms with E-state index < -0.39 is 40.9 Å². The maximum absolute atomic E-state index is 13.8. The first-order valence-electron chi connectivity index (χ1n) is 17.5. The lowest BCUT2D eigenvalue weighted by atomic mass is 9.46. The first-order valence-corrected chi connectivity index (χ1v) is 18.5. The number of thioether (sulfide) groups is 1. The predicted molar refractivity (Wildman–Crippen MR) is 198 cm³/mol. The lowest BCUT2D eigenvalue weighted by Gasteiger charge is -2.59. The number of ether oxygens (including phenoxy) is 1. The first-order chi connectivity index (χ1) is 23.7. The molecule has 4 aliphatic carbocycles. The van der Waals surface area contributed by atoms with Crippen LogP contribution in [-0.2, 0) is 19.1 Å². The summed E-state index contributed by atoms with van der Waals surface area (Å²) in [6.45, 7) is 3.51. The molecule has 2 aromatic carbocycles. The zero-order valence-electron chi connectivity index (χ0n) is 29.7. The van der Waals surface area contributed by atoms with Gasteiger partial charge in [0.15, 0.2) is 12.4 Å². The number of hydrogen-bond donors (Lipinski definition) is 2. The lowest BCUT2D eigenvalue weighted by molar-refractivity contribution is -0.181. The molecule has 0 aliphatic heterocycles. The number of anilines is 2. The quantitative estimate of drug-likeness (QED) is 0.172. The van der Waals surface area contributed by atoms with Crippen LogP contribution >= 0.6 is 11.8 Å². The summed E-state index contributed by atoms with van der Waals surface area (Å²) in [6, 6.07) is 12.2. The predicted octanol–water partition coefficient (Wildman–Crippen LogP) is 5.73. The Morgan fingerprint density at radius 2 is 1.64 bits per heavy atom. The van der Waals surface area contributed by atoms with Gasteiger partial charge in [-0.25, -0.2) is 4.98 Å². The summed E-state index contributed by atoms with van der Waals surface area (Å²) in [5.74, 6) is -1.06. The largest absolute Gasteiger partial charge is 0.457 e. The first kappa shape index (κ1) is 34.7. The van der Waals surface area contributed by atoms with Gasteiger partial charge in [0.05, 0.1) is 22.9 Å². The molecule has 50 heavy (non-hydrogen) atoms. The molecule has 2 N–H and O–H groups in total. The third kappa shape index (κ3) is 5.45. The molecule has 7 atom stereocenters. The molecule has 264 valence electrons. The van der Waals surface area contributed by atoms with E-state index in [1.54, 1.807) is 12.2 Å². The van der Waals surface area contributed by atoms with Crippen molar-refractivity contribution in [1.29, 1.82) is 0 Å². The number of pyridine rings is 1. The molecule has 3 saturated carbocycles. The fraction of sp³-hybridized carbons (Fsp3) is 0.500. The van der Waals surface area contributed by atoms with Crippen LogP contribution < -0.4 is 9.80 Å². The fourth-order valence-electron chi connectivity index (χ4n) is 9.82. The summed E-state index contributed by atoms with van der Waals surface area (Å²) in [6.07, 6.45) is 7.27. The molecule has 3 fully saturated rings. The number of carbonyl (C=O) groups excluding carboxylic acids is 3. The van der Waals surface area contributed by atoms with Crippen molar-refractivity contribution >= 4 is 62.5 Å². The number of benzene rings is 2. The standard InChI is InChI=1S/C40H47N3O6S/c1-38-15-13-26(44)17-23(38)7-10-27-30-14-16-40(48,39(30,2)20-33(45)36(27)38)34(46)21-49-35(47)22-50-37-28-11-8-24(42(3)4)18-31(28)41-32-19-25(43(5)6)9-12-29(32)37/h8-9,11-13,15,17-19,27,30,33,36,45,48H,7,10,14,16,20-22H2,1-6H3. The molecule has 10 heteroatoms. The van der Waals surface area contributed by atoms with Crippen LogP contribution in [0.1, 0.15) is 46.0 Å². The minimum absolute atomic E-state index is 0.0143. The van der Waals surface area contributed by atoms with E-state index in [9.17, 15) is 24.6 Å². The van der Waals surface area contributed by atoms with Crippen LogP contribution in [0.15, 0.2) is 65.1 Å². The molecule has 7 rings (SSSR count). The van der Waals surface area contributed by atoms with Crippen LogP contribution in [0.5, 0.6) is 0 Å². The smallest absolute Gasteiger partial charge is 0.316 e. The van der Waals surface area contributed by atoms with Crippen molar-refractivity contribution in [3.05, 3.63) is 60.2 Å². The van der Waals surface area contributed by atoms with Crippen molar-refractivity contribution in [3.63, 3.8) is 0 Å². The number of carbonyl (C=O) groups is 3. The van der Waals surface area contributed by atoms with E-state index >= 15 is 0 Å². The Hall–Kier alpha value is -3.73. The van der Waals surface area contributed by atoms with Crippen molar-refractivity contribution in [3.8, 4) is 0 Å². The molecule has 0 spiro atoms. The van der Waals surface area contributed by atoms with Gasteiger partial charge in [0.25, 0.3) is 0 Å². The summed E-state index contributed by atoms with van der Waals surface area (Å²) in [5.41, 5.74) is 1.75. The van der Waals surface area contributed by atoms with Gasteiger partial charge in [-0.1, -0.05) is 25.5 Å². The van der Waals surface area contributed by atoms with Crippen molar-refractivity contribution in [2.45, 2.75) is 62.6 Å². The molecule has 9 nitrogen and oxygen atoms in total. The van der Waals surface area contributed by atoms with Crippen LogP contribution in [0.4, 0.5) is 11.4 Å². The summed E-state index contributed by atoms with van der Waals surface area (Å²) in [4.78, 5) is 49.1. The van der Waals surface area contributed by atoms with Gasteiger partial charge in [-0.3, -0.25) is 14.4 Å². The van der Waals surface area contributed by atoms with Gasteiger partial charge in [-0.05, 0) is 92.5 Å². The van der Waals surface area contributed by atoms with Crippen LogP contribution in [0, 0.1) is 28.6 Å². The van der Waals surface area contributed by atoms with Crippen molar-refractivity contribution in [1.82, 2.24) is 4.98 Å². The number of hydrogen-bond acceptors (Lipinski definition) is 10. The topological polar surface area (TPSA) is 120 Å². The zero-order valence-corrected chi connectivity index (χ0v) is 30.5. The number of aromatic nitrogens is 1. The van der Waals surface area contributed by atoms with E-state index in [1.165, 1.54) is 11.8 Å². The molecule has 0 radical (unpaired) electrons. The molecular weight excluding hydrogens is 651 g/mol. The van der Waals surface area contributed by atoms with E-state index in [1.807, 2.05) is 87.4 Å². The Labute approximate surface area is 297 Å². The minimum atomic E-state index is -1.71. The number of allylic oxidation sites excluding steroid dienone is 4. The highest BCUT2D eigenvalue weighted by Crippen LogP contribution is 2.67. The monoisotopic (exact) mass is 697 g/mol. The Morgan fingerprint density at radius 3 is 2.26 bits per heavy atom. The number of ketones is 2. The second-order valence-corrected chi connectivity index (χ2v) is 16.6. The fourth-order valence-corrected chi connectivity index (χ4v) is 10.8. The van der Waals surface area contributed by atoms with E-state index in [-0.39, 0.29) is 42.1 Å². The molecule has 1 aromatic heterocycles. The Bertz CT molecular complexity index is 1910. The maximum Gasteiger partial charge on any atom is 0.316 e. The van der Waals surface area contributed by atoms with Gasteiger partial charge in [-0.2, -0.15) is 0 Å². The third-order valence-electron chi connectivity index (χ3n) is 12.5. The molecule has 3 aromatic rings. The van der Waals surface area contributed by atoms with Gasteiger partial charge >= 0.3 is 5.97 Å². The van der Waals surface area contributed by atoms with Gasteiger partial charge < -0.3 is 24.7 Å². The highest BCUT2D eigenvalue weighted by atomic mass is 32.2. The zero-order chi connectivity index (χ0) is 35.7. The third-order valence-corrected chi connectivity index (χ3v) is 13.6. The lowest BCUT2D eigenvalue weighted by Crippen LogP contribution is -2.61. The highest BCUT2D eigenvalue weighted by Gasteiger charge is 2.68. The second kappa shape index (κ2) is 12.5. The molecule has 0 amide bonds. The number of aliphatic hydroxyl groups is 2. The Kier molecular flexibility index (Phi) is 8.67. The summed E-state index contributed by atoms with van der Waals surface area (Å²) >= 11 is 1.36. The van der Waals surface area contributed by atoms with Crippen LogP contribution in [0.25, 0.3) is 21.8 Å². The molecule has 1 heterocycles. The van der Waals surface area contributed by atoms with Crippen LogP contribution in [-0.4, -0.2) is 85.0 Å². The minimum Gasteiger partial charge on any atom is -0.457 e. The van der Waals surface area contributed by atoms with E-state index in [4.69, 9.17) is 9.72 Å². The number of rotatable bonds is 8. The van der Waals surface area contributed by atoms with E-state index in [2.05, 4.69) is 6.92 Å². The van der Waals surface area contributed by atoms with Crippen molar-refractivity contribution < 1.29 is 29.3 Å². The normalized spacial score (nSPS) is 31.5. The number of aliphatic hydroxyl groups excluding tert-OH is 1. The van der Waals surface area contributed by atoms with Gasteiger partial charge in [0.2, 0.25) is 5.78 Å². The SMILES string of the molecule is CN(C)c1ccc2c(SCC(=O)OCC(=O)C3(O)CCC4C5CCC6=CC(=O)C=CC6(C)C5C(O)CC43C)c3ccc(N(C)C)cc3nc2c1. The number of fused-ring (bicyclic) bond motifs is 7. The summed E-state index contributed by atoms with van der Waals surface area (Å²) < 4.78 is 5.57. The molecule has 7 unspecified atom stereocenters.